The lowest BCUT2D eigenvalue weighted by Crippen LogP contribution is -2.49. The first-order chi connectivity index (χ1) is 16.8. The average Bonchev–Trinajstić information content (AvgIpc) is 2.78. The van der Waals surface area contributed by atoms with Gasteiger partial charge < -0.3 is 10.2 Å². The first kappa shape index (κ1) is 29.4. The van der Waals surface area contributed by atoms with Crippen LogP contribution in [0.2, 0.25) is 0 Å². The lowest BCUT2D eigenvalue weighted by atomic mass is 10.1. The molecule has 2 amide bonds. The number of carbonyl (C=O) groups excluding carboxylic acids is 2. The van der Waals surface area contributed by atoms with E-state index >= 15 is 0 Å². The molecule has 0 aromatic heterocycles. The monoisotopic (exact) mass is 515 g/mol. The molecule has 2 rings (SSSR count). The lowest BCUT2D eigenvalue weighted by Gasteiger charge is -2.30. The molecule has 0 aliphatic carbocycles. The zero-order chi connectivity index (χ0) is 27.0. The van der Waals surface area contributed by atoms with Gasteiger partial charge in [0, 0.05) is 25.6 Å². The van der Waals surface area contributed by atoms with Crippen LogP contribution in [-0.2, 0) is 26.2 Å². The largest absolute Gasteiger partial charge is 0.352 e. The van der Waals surface area contributed by atoms with Gasteiger partial charge in [-0.15, -0.1) is 0 Å². The van der Waals surface area contributed by atoms with Crippen LogP contribution in [0.15, 0.2) is 42.5 Å². The van der Waals surface area contributed by atoms with Gasteiger partial charge in [-0.3, -0.25) is 13.9 Å². The van der Waals surface area contributed by atoms with Gasteiger partial charge >= 0.3 is 0 Å². The highest BCUT2D eigenvalue weighted by molar-refractivity contribution is 7.92. The molecule has 0 saturated heterocycles. The molecule has 0 aliphatic rings. The van der Waals surface area contributed by atoms with E-state index in [9.17, 15) is 18.0 Å². The Labute approximate surface area is 216 Å². The summed E-state index contributed by atoms with van der Waals surface area (Å²) < 4.78 is 26.4. The second-order valence-corrected chi connectivity index (χ2v) is 11.7. The number of hydrogen-bond acceptors (Lipinski definition) is 4. The Morgan fingerprint density at radius 1 is 0.972 bits per heavy atom. The fourth-order valence-electron chi connectivity index (χ4n) is 4.15. The molecular weight excluding hydrogens is 474 g/mol. The summed E-state index contributed by atoms with van der Waals surface area (Å²) in [4.78, 5) is 27.9. The first-order valence-corrected chi connectivity index (χ1v) is 14.4. The van der Waals surface area contributed by atoms with Crippen molar-refractivity contribution in [1.29, 1.82) is 0 Å². The lowest BCUT2D eigenvalue weighted by molar-refractivity contribution is -0.140. The Balaban J connectivity index is 2.20. The number of aryl methyl sites for hydroxylation is 3. The summed E-state index contributed by atoms with van der Waals surface area (Å²) in [6.07, 6.45) is 2.44. The van der Waals surface area contributed by atoms with Crippen molar-refractivity contribution in [3.8, 4) is 0 Å². The van der Waals surface area contributed by atoms with Crippen LogP contribution in [0.25, 0.3) is 0 Å². The molecule has 2 atom stereocenters. The summed E-state index contributed by atoms with van der Waals surface area (Å²) >= 11 is 0. The molecule has 0 fully saturated rings. The van der Waals surface area contributed by atoms with Crippen molar-refractivity contribution in [1.82, 2.24) is 10.2 Å². The van der Waals surface area contributed by atoms with Gasteiger partial charge in [-0.2, -0.15) is 0 Å². The highest BCUT2D eigenvalue weighted by Gasteiger charge is 2.27. The number of hydrogen-bond donors (Lipinski definition) is 1. The van der Waals surface area contributed by atoms with Gasteiger partial charge in [0.1, 0.15) is 6.04 Å². The molecule has 0 saturated carbocycles. The number of rotatable bonds is 12. The third-order valence-corrected chi connectivity index (χ3v) is 7.44. The van der Waals surface area contributed by atoms with E-state index in [0.29, 0.717) is 18.7 Å². The minimum atomic E-state index is -3.52. The number of benzene rings is 2. The molecule has 0 aliphatic heterocycles. The molecule has 198 valence electrons. The van der Waals surface area contributed by atoms with Crippen LogP contribution < -0.4 is 9.62 Å². The van der Waals surface area contributed by atoms with Crippen LogP contribution in [0.5, 0.6) is 0 Å². The molecule has 2 unspecified atom stereocenters. The third kappa shape index (κ3) is 8.66. The molecule has 0 spiro atoms. The summed E-state index contributed by atoms with van der Waals surface area (Å²) in [6.45, 7) is 12.0. The third-order valence-electron chi connectivity index (χ3n) is 6.25. The van der Waals surface area contributed by atoms with E-state index in [0.717, 1.165) is 28.7 Å². The molecule has 1 N–H and O–H groups in total. The Kier molecular flexibility index (Phi) is 10.5. The highest BCUT2D eigenvalue weighted by atomic mass is 32.2. The normalized spacial score (nSPS) is 13.1. The number of carbonyl (C=O) groups is 2. The van der Waals surface area contributed by atoms with Gasteiger partial charge in [0.2, 0.25) is 21.8 Å². The van der Waals surface area contributed by atoms with Crippen molar-refractivity contribution >= 4 is 27.5 Å². The predicted molar refractivity (Wildman–Crippen MR) is 146 cm³/mol. The van der Waals surface area contributed by atoms with Crippen molar-refractivity contribution in [2.24, 2.45) is 0 Å². The SMILES string of the molecule is CCC(C)NC(=O)C(C)N(Cc1cccc(C)c1)C(=O)CCCN(c1cc(C)cc(C)c1)S(C)(=O)=O. The minimum absolute atomic E-state index is 0.0111. The van der Waals surface area contributed by atoms with E-state index in [1.54, 1.807) is 11.8 Å². The second-order valence-electron chi connectivity index (χ2n) is 9.79. The van der Waals surface area contributed by atoms with Gasteiger partial charge in [-0.1, -0.05) is 42.8 Å². The van der Waals surface area contributed by atoms with E-state index in [-0.39, 0.29) is 30.8 Å². The number of amides is 2. The molecule has 0 heterocycles. The van der Waals surface area contributed by atoms with Crippen molar-refractivity contribution < 1.29 is 18.0 Å². The Morgan fingerprint density at radius 3 is 2.17 bits per heavy atom. The molecule has 8 heteroatoms. The fraction of sp³-hybridized carbons (Fsp3) is 0.500. The van der Waals surface area contributed by atoms with Crippen molar-refractivity contribution in [3.63, 3.8) is 0 Å². The van der Waals surface area contributed by atoms with Crippen LogP contribution in [0.4, 0.5) is 5.69 Å². The van der Waals surface area contributed by atoms with Crippen molar-refractivity contribution in [2.75, 3.05) is 17.1 Å². The molecule has 0 bridgehead atoms. The smallest absolute Gasteiger partial charge is 0.242 e. The van der Waals surface area contributed by atoms with Gasteiger partial charge in [0.15, 0.2) is 0 Å². The summed E-state index contributed by atoms with van der Waals surface area (Å²) in [5.74, 6) is -0.379. The van der Waals surface area contributed by atoms with Crippen LogP contribution in [-0.4, -0.2) is 50.0 Å². The molecule has 2 aromatic carbocycles. The number of nitrogens with zero attached hydrogens (tertiary/aromatic N) is 2. The summed E-state index contributed by atoms with van der Waals surface area (Å²) in [5.41, 5.74) is 4.56. The number of sulfonamides is 1. The van der Waals surface area contributed by atoms with Gasteiger partial charge in [-0.25, -0.2) is 8.42 Å². The maximum atomic E-state index is 13.4. The number of nitrogens with one attached hydrogen (secondary N) is 1. The predicted octanol–water partition coefficient (Wildman–Crippen LogP) is 4.49. The van der Waals surface area contributed by atoms with Crippen molar-refractivity contribution in [3.05, 3.63) is 64.7 Å². The fourth-order valence-corrected chi connectivity index (χ4v) is 5.10. The van der Waals surface area contributed by atoms with Crippen LogP contribution in [0.1, 0.15) is 62.3 Å². The summed E-state index contributed by atoms with van der Waals surface area (Å²) in [7, 11) is -3.52. The van der Waals surface area contributed by atoms with E-state index in [1.165, 1.54) is 10.6 Å². The maximum absolute atomic E-state index is 13.4. The molecule has 0 radical (unpaired) electrons. The van der Waals surface area contributed by atoms with Crippen molar-refractivity contribution in [2.45, 2.75) is 79.4 Å². The van der Waals surface area contributed by atoms with Gasteiger partial charge in [0.05, 0.1) is 11.9 Å². The number of anilines is 1. The highest BCUT2D eigenvalue weighted by Crippen LogP contribution is 2.22. The average molecular weight is 516 g/mol. The molecule has 2 aromatic rings. The minimum Gasteiger partial charge on any atom is -0.352 e. The summed E-state index contributed by atoms with van der Waals surface area (Å²) in [5, 5.41) is 2.97. The molecule has 7 nitrogen and oxygen atoms in total. The van der Waals surface area contributed by atoms with E-state index in [2.05, 4.69) is 5.32 Å². The second kappa shape index (κ2) is 12.9. The summed E-state index contributed by atoms with van der Waals surface area (Å²) in [6, 6.07) is 12.9. The Hall–Kier alpha value is -2.87. The molecular formula is C28H41N3O4S. The van der Waals surface area contributed by atoms with Crippen LogP contribution in [0, 0.1) is 20.8 Å². The molecule has 36 heavy (non-hydrogen) atoms. The van der Waals surface area contributed by atoms with E-state index < -0.39 is 16.1 Å². The van der Waals surface area contributed by atoms with Gasteiger partial charge in [-0.05, 0) is 76.3 Å². The van der Waals surface area contributed by atoms with Gasteiger partial charge in [0.25, 0.3) is 0 Å². The topological polar surface area (TPSA) is 86.8 Å². The zero-order valence-electron chi connectivity index (χ0n) is 22.7. The maximum Gasteiger partial charge on any atom is 0.242 e. The zero-order valence-corrected chi connectivity index (χ0v) is 23.5. The van der Waals surface area contributed by atoms with E-state index in [4.69, 9.17) is 0 Å². The van der Waals surface area contributed by atoms with Crippen LogP contribution in [0.3, 0.4) is 0 Å². The van der Waals surface area contributed by atoms with Crippen LogP contribution >= 0.6 is 0 Å². The standard InChI is InChI=1S/C28H41N3O4S/c1-8-23(5)29-28(33)24(6)30(19-25-12-9-11-20(2)16-25)27(32)13-10-14-31(36(7,34)35)26-17-21(3)15-22(4)18-26/h9,11-12,15-18,23-24H,8,10,13-14,19H2,1-7H3,(H,29,33). The quantitative estimate of drug-likeness (QED) is 0.451. The first-order valence-electron chi connectivity index (χ1n) is 12.5. The Bertz CT molecular complexity index is 1140. The van der Waals surface area contributed by atoms with E-state index in [1.807, 2.05) is 77.1 Å². The Morgan fingerprint density at radius 2 is 1.61 bits per heavy atom.